The van der Waals surface area contributed by atoms with Gasteiger partial charge in [0.05, 0.1) is 6.67 Å². The molecule has 0 N–H and O–H groups in total. The van der Waals surface area contributed by atoms with E-state index in [2.05, 4.69) is 25.9 Å². The van der Waals surface area contributed by atoms with Gasteiger partial charge in [-0.05, 0) is 12.8 Å². The maximum atomic E-state index is 12.5. The summed E-state index contributed by atoms with van der Waals surface area (Å²) in [5.74, 6) is 0.861. The van der Waals surface area contributed by atoms with E-state index in [9.17, 15) is 4.39 Å². The average molecular weight is 261 g/mol. The van der Waals surface area contributed by atoms with Gasteiger partial charge in [-0.25, -0.2) is 0 Å². The van der Waals surface area contributed by atoms with Gasteiger partial charge in [-0.2, -0.15) is 0 Å². The number of rotatable bonds is 4. The van der Waals surface area contributed by atoms with Crippen molar-refractivity contribution in [2.45, 2.75) is 39.0 Å². The van der Waals surface area contributed by atoms with Crippen molar-refractivity contribution in [3.63, 3.8) is 0 Å². The van der Waals surface area contributed by atoms with E-state index in [1.165, 1.54) is 0 Å². The Balaban J connectivity index is 2.47. The molecule has 0 atom stereocenters. The van der Waals surface area contributed by atoms with Crippen molar-refractivity contribution in [3.8, 4) is 11.3 Å². The zero-order valence-electron chi connectivity index (χ0n) is 11.7. The third-order valence-electron chi connectivity index (χ3n) is 3.08. The van der Waals surface area contributed by atoms with E-state index in [0.717, 1.165) is 22.6 Å². The van der Waals surface area contributed by atoms with Crippen LogP contribution < -0.4 is 0 Å². The molecule has 2 nitrogen and oxygen atoms in total. The second kappa shape index (κ2) is 5.55. The van der Waals surface area contributed by atoms with Gasteiger partial charge in [-0.3, -0.25) is 4.39 Å². The van der Waals surface area contributed by atoms with Gasteiger partial charge in [0.2, 0.25) is 0 Å². The van der Waals surface area contributed by atoms with Crippen LogP contribution in [0.25, 0.3) is 11.3 Å². The molecule has 1 aromatic carbocycles. The van der Waals surface area contributed by atoms with E-state index < -0.39 is 0 Å². The minimum absolute atomic E-state index is 0.119. The molecule has 0 bridgehead atoms. The number of hydrogen-bond acceptors (Lipinski definition) is 2. The molecule has 0 spiro atoms. The highest BCUT2D eigenvalue weighted by molar-refractivity contribution is 5.63. The highest BCUT2D eigenvalue weighted by Crippen LogP contribution is 2.33. The summed E-state index contributed by atoms with van der Waals surface area (Å²) in [5.41, 5.74) is 2.79. The van der Waals surface area contributed by atoms with Crippen LogP contribution >= 0.6 is 0 Å². The van der Waals surface area contributed by atoms with Crippen LogP contribution in [0.2, 0.25) is 0 Å². The minimum atomic E-state index is -0.316. The Hall–Kier alpha value is -1.64. The fourth-order valence-corrected chi connectivity index (χ4v) is 2.20. The van der Waals surface area contributed by atoms with E-state index in [1.54, 1.807) is 0 Å². The Morgan fingerprint density at radius 1 is 1.16 bits per heavy atom. The molecular weight excluding hydrogens is 241 g/mol. The standard InChI is InChI=1S/C16H20FNO/c1-16(2,3)15-13(10-7-11-17)14(18-19-15)12-8-5-4-6-9-12/h4-6,8-9H,7,10-11H2,1-3H3. The van der Waals surface area contributed by atoms with Crippen LogP contribution in [-0.4, -0.2) is 11.8 Å². The Labute approximate surface area is 113 Å². The van der Waals surface area contributed by atoms with Crippen LogP contribution in [0, 0.1) is 0 Å². The first-order valence-corrected chi connectivity index (χ1v) is 6.64. The number of nitrogens with zero attached hydrogens (tertiary/aromatic N) is 1. The Bertz CT molecular complexity index is 525. The summed E-state index contributed by atoms with van der Waals surface area (Å²) >= 11 is 0. The van der Waals surface area contributed by atoms with Crippen molar-refractivity contribution in [1.82, 2.24) is 5.16 Å². The number of aromatic nitrogens is 1. The molecule has 102 valence electrons. The second-order valence-corrected chi connectivity index (χ2v) is 5.75. The van der Waals surface area contributed by atoms with E-state index in [-0.39, 0.29) is 12.1 Å². The number of hydrogen-bond donors (Lipinski definition) is 0. The third kappa shape index (κ3) is 3.03. The summed E-state index contributed by atoms with van der Waals surface area (Å²) in [7, 11) is 0. The van der Waals surface area contributed by atoms with E-state index in [4.69, 9.17) is 4.52 Å². The SMILES string of the molecule is CC(C)(C)c1onc(-c2ccccc2)c1CCCF. The van der Waals surface area contributed by atoms with Gasteiger partial charge in [-0.1, -0.05) is 56.3 Å². The molecule has 0 radical (unpaired) electrons. The number of benzene rings is 1. The van der Waals surface area contributed by atoms with Crippen molar-refractivity contribution >= 4 is 0 Å². The number of halogens is 1. The van der Waals surface area contributed by atoms with Gasteiger partial charge < -0.3 is 4.52 Å². The predicted octanol–water partition coefficient (Wildman–Crippen LogP) is 4.54. The van der Waals surface area contributed by atoms with Crippen LogP contribution in [0.1, 0.15) is 38.5 Å². The Morgan fingerprint density at radius 2 is 1.84 bits per heavy atom. The van der Waals surface area contributed by atoms with Gasteiger partial charge >= 0.3 is 0 Å². The Morgan fingerprint density at radius 3 is 2.42 bits per heavy atom. The highest BCUT2D eigenvalue weighted by Gasteiger charge is 2.26. The lowest BCUT2D eigenvalue weighted by atomic mass is 9.87. The predicted molar refractivity (Wildman–Crippen MR) is 74.9 cm³/mol. The molecular formula is C16H20FNO. The van der Waals surface area contributed by atoms with Gasteiger partial charge in [0, 0.05) is 16.5 Å². The van der Waals surface area contributed by atoms with E-state index >= 15 is 0 Å². The quantitative estimate of drug-likeness (QED) is 0.807. The lowest BCUT2D eigenvalue weighted by Gasteiger charge is -2.16. The van der Waals surface area contributed by atoms with Crippen LogP contribution in [0.15, 0.2) is 34.9 Å². The lowest BCUT2D eigenvalue weighted by Crippen LogP contribution is -2.12. The molecule has 1 heterocycles. The first kappa shape index (κ1) is 13.8. The summed E-state index contributed by atoms with van der Waals surface area (Å²) in [6.45, 7) is 5.94. The molecule has 0 saturated heterocycles. The van der Waals surface area contributed by atoms with Crippen molar-refractivity contribution in [1.29, 1.82) is 0 Å². The first-order chi connectivity index (χ1) is 9.04. The van der Waals surface area contributed by atoms with Crippen LogP contribution in [-0.2, 0) is 11.8 Å². The fraction of sp³-hybridized carbons (Fsp3) is 0.438. The molecule has 0 aliphatic heterocycles. The second-order valence-electron chi connectivity index (χ2n) is 5.75. The van der Waals surface area contributed by atoms with Crippen LogP contribution in [0.3, 0.4) is 0 Å². The summed E-state index contributed by atoms with van der Waals surface area (Å²) in [5, 5.41) is 4.21. The molecule has 0 aliphatic rings. The van der Waals surface area contributed by atoms with Crippen molar-refractivity contribution in [3.05, 3.63) is 41.7 Å². The number of alkyl halides is 1. The summed E-state index contributed by atoms with van der Waals surface area (Å²) in [4.78, 5) is 0. The average Bonchev–Trinajstić information content (AvgIpc) is 2.81. The summed E-state index contributed by atoms with van der Waals surface area (Å²) in [6, 6.07) is 9.92. The highest BCUT2D eigenvalue weighted by atomic mass is 19.1. The largest absolute Gasteiger partial charge is 0.360 e. The fourth-order valence-electron chi connectivity index (χ4n) is 2.20. The van der Waals surface area contributed by atoms with Crippen molar-refractivity contribution < 1.29 is 8.91 Å². The first-order valence-electron chi connectivity index (χ1n) is 6.64. The van der Waals surface area contributed by atoms with Crippen molar-refractivity contribution in [2.24, 2.45) is 0 Å². The molecule has 0 aliphatic carbocycles. The molecule has 1 aromatic heterocycles. The smallest absolute Gasteiger partial charge is 0.145 e. The zero-order chi connectivity index (χ0) is 13.9. The topological polar surface area (TPSA) is 26.0 Å². The van der Waals surface area contributed by atoms with Gasteiger partial charge in [0.1, 0.15) is 11.5 Å². The molecule has 0 fully saturated rings. The molecule has 0 unspecified atom stereocenters. The van der Waals surface area contributed by atoms with Crippen molar-refractivity contribution in [2.75, 3.05) is 6.67 Å². The zero-order valence-corrected chi connectivity index (χ0v) is 11.7. The van der Waals surface area contributed by atoms with E-state index in [0.29, 0.717) is 12.8 Å². The molecule has 3 heteroatoms. The summed E-state index contributed by atoms with van der Waals surface area (Å²) < 4.78 is 18.0. The monoisotopic (exact) mass is 261 g/mol. The maximum absolute atomic E-state index is 12.5. The van der Waals surface area contributed by atoms with Crippen LogP contribution in [0.4, 0.5) is 4.39 Å². The molecule has 19 heavy (non-hydrogen) atoms. The Kier molecular flexibility index (Phi) is 4.03. The van der Waals surface area contributed by atoms with Gasteiger partial charge in [0.25, 0.3) is 0 Å². The molecule has 0 saturated carbocycles. The molecule has 0 amide bonds. The van der Waals surface area contributed by atoms with Crippen LogP contribution in [0.5, 0.6) is 0 Å². The third-order valence-corrected chi connectivity index (χ3v) is 3.08. The lowest BCUT2D eigenvalue weighted by molar-refractivity contribution is 0.327. The maximum Gasteiger partial charge on any atom is 0.145 e. The molecule has 2 aromatic rings. The normalized spacial score (nSPS) is 11.8. The summed E-state index contributed by atoms with van der Waals surface area (Å²) in [6.07, 6.45) is 1.17. The molecule has 2 rings (SSSR count). The van der Waals surface area contributed by atoms with E-state index in [1.807, 2.05) is 30.3 Å². The van der Waals surface area contributed by atoms with Gasteiger partial charge in [-0.15, -0.1) is 0 Å². The van der Waals surface area contributed by atoms with Gasteiger partial charge in [0.15, 0.2) is 0 Å². The minimum Gasteiger partial charge on any atom is -0.360 e.